The molecule has 1 atom stereocenters. The number of imidazole rings is 1. The number of carbonyl (C=O) groups excluding carboxylic acids is 1. The molecule has 36 heavy (non-hydrogen) atoms. The summed E-state index contributed by atoms with van der Waals surface area (Å²) in [6, 6.07) is 9.25. The molecule has 1 aliphatic rings. The van der Waals surface area contributed by atoms with Crippen LogP contribution in [0.25, 0.3) is 28.0 Å². The minimum Gasteiger partial charge on any atom is -0.336 e. The summed E-state index contributed by atoms with van der Waals surface area (Å²) in [5, 5.41) is 13.7. The molecule has 12 heteroatoms. The fraction of sp³-hybridized carbons (Fsp3) is 0.250. The number of benzene rings is 2. The molecule has 2 aromatic heterocycles. The quantitative estimate of drug-likeness (QED) is 0.435. The topological polar surface area (TPSA) is 106 Å². The van der Waals surface area contributed by atoms with Crippen LogP contribution in [0.1, 0.15) is 28.2 Å². The Bertz CT molecular complexity index is 1550. The van der Waals surface area contributed by atoms with E-state index >= 15 is 0 Å². The fourth-order valence-corrected chi connectivity index (χ4v) is 4.43. The van der Waals surface area contributed by atoms with Gasteiger partial charge in [0.05, 0.1) is 17.3 Å². The largest absolute Gasteiger partial charge is 0.434 e. The van der Waals surface area contributed by atoms with Gasteiger partial charge in [-0.1, -0.05) is 0 Å². The Labute approximate surface area is 202 Å². The molecule has 0 bridgehead atoms. The van der Waals surface area contributed by atoms with Crippen LogP contribution in [0.3, 0.4) is 0 Å². The second kappa shape index (κ2) is 8.46. The van der Waals surface area contributed by atoms with Gasteiger partial charge in [0.1, 0.15) is 17.7 Å². The zero-order chi connectivity index (χ0) is 25.8. The number of halogens is 4. The fourth-order valence-electron chi connectivity index (χ4n) is 4.43. The standard InChI is InChI=1S/C24H19F4N7O/c1-33-19-5-4-17(8-15(19)11-31-33)35-21(24(26,27)28)20(23(36)34-7-6-16(30)12-34)32-22(35)13-2-3-14(10-29)18(25)9-13/h2-5,8-9,11,16H,6-7,12,30H2,1H3/t16-/m0/s1. The third-order valence-corrected chi connectivity index (χ3v) is 6.20. The number of amides is 1. The lowest BCUT2D eigenvalue weighted by Crippen LogP contribution is -2.33. The number of likely N-dealkylation sites (tertiary alicyclic amines) is 1. The first-order valence-electron chi connectivity index (χ1n) is 11.0. The van der Waals surface area contributed by atoms with E-state index in [2.05, 4.69) is 10.1 Å². The van der Waals surface area contributed by atoms with Crippen LogP contribution >= 0.6 is 0 Å². The van der Waals surface area contributed by atoms with Crippen LogP contribution in [0.15, 0.2) is 42.6 Å². The highest BCUT2D eigenvalue weighted by Crippen LogP contribution is 2.39. The van der Waals surface area contributed by atoms with Gasteiger partial charge in [0.2, 0.25) is 0 Å². The number of hydrogen-bond acceptors (Lipinski definition) is 5. The molecule has 0 unspecified atom stereocenters. The summed E-state index contributed by atoms with van der Waals surface area (Å²) in [5.74, 6) is -2.12. The third-order valence-electron chi connectivity index (χ3n) is 6.20. The highest BCUT2D eigenvalue weighted by atomic mass is 19.4. The van der Waals surface area contributed by atoms with Crippen LogP contribution in [0, 0.1) is 17.1 Å². The van der Waals surface area contributed by atoms with Crippen molar-refractivity contribution in [1.29, 1.82) is 5.26 Å². The summed E-state index contributed by atoms with van der Waals surface area (Å²) in [5.41, 5.74) is 4.22. The Morgan fingerprint density at radius 2 is 2.00 bits per heavy atom. The Morgan fingerprint density at radius 3 is 2.64 bits per heavy atom. The van der Waals surface area contributed by atoms with Gasteiger partial charge in [-0.05, 0) is 42.8 Å². The van der Waals surface area contributed by atoms with Crippen molar-refractivity contribution < 1.29 is 22.4 Å². The van der Waals surface area contributed by atoms with E-state index in [0.717, 1.165) is 16.7 Å². The van der Waals surface area contributed by atoms with Crippen molar-refractivity contribution in [2.24, 2.45) is 12.8 Å². The summed E-state index contributed by atoms with van der Waals surface area (Å²) in [6.07, 6.45) is -3.02. The number of nitriles is 1. The van der Waals surface area contributed by atoms with Crippen molar-refractivity contribution in [3.63, 3.8) is 0 Å². The van der Waals surface area contributed by atoms with Crippen molar-refractivity contribution >= 4 is 16.8 Å². The van der Waals surface area contributed by atoms with Crippen LogP contribution in [0.2, 0.25) is 0 Å². The number of aromatic nitrogens is 4. The molecule has 2 N–H and O–H groups in total. The minimum absolute atomic E-state index is 0.0274. The Hall–Kier alpha value is -4.24. The maximum Gasteiger partial charge on any atom is 0.434 e. The molecule has 3 heterocycles. The number of hydrogen-bond donors (Lipinski definition) is 1. The summed E-state index contributed by atoms with van der Waals surface area (Å²) in [4.78, 5) is 18.6. The molecule has 1 saturated heterocycles. The van der Waals surface area contributed by atoms with E-state index in [1.807, 2.05) is 0 Å². The lowest BCUT2D eigenvalue weighted by atomic mass is 10.1. The van der Waals surface area contributed by atoms with E-state index in [0.29, 0.717) is 17.3 Å². The molecular weight excluding hydrogens is 478 g/mol. The molecule has 184 valence electrons. The second-order valence-corrected chi connectivity index (χ2v) is 8.58. The van der Waals surface area contributed by atoms with Crippen molar-refractivity contribution in [3.05, 3.63) is 65.4 Å². The Balaban J connectivity index is 1.80. The summed E-state index contributed by atoms with van der Waals surface area (Å²) >= 11 is 0. The Morgan fingerprint density at radius 1 is 1.22 bits per heavy atom. The summed E-state index contributed by atoms with van der Waals surface area (Å²) in [7, 11) is 1.70. The van der Waals surface area contributed by atoms with E-state index < -0.39 is 29.3 Å². The van der Waals surface area contributed by atoms with Crippen LogP contribution in [0.4, 0.5) is 17.6 Å². The third kappa shape index (κ3) is 3.87. The molecule has 1 aliphatic heterocycles. The van der Waals surface area contributed by atoms with Gasteiger partial charge in [-0.3, -0.25) is 14.0 Å². The average Bonchev–Trinajstić information content (AvgIpc) is 3.55. The van der Waals surface area contributed by atoms with Crippen molar-refractivity contribution in [1.82, 2.24) is 24.2 Å². The number of nitrogens with zero attached hydrogens (tertiary/aromatic N) is 6. The molecular formula is C24H19F4N7O. The minimum atomic E-state index is -4.98. The molecule has 0 radical (unpaired) electrons. The van der Waals surface area contributed by atoms with E-state index in [4.69, 9.17) is 11.0 Å². The highest BCUT2D eigenvalue weighted by molar-refractivity contribution is 5.95. The average molecular weight is 497 g/mol. The maximum absolute atomic E-state index is 14.6. The maximum atomic E-state index is 14.6. The van der Waals surface area contributed by atoms with Crippen molar-refractivity contribution in [3.8, 4) is 23.1 Å². The molecule has 8 nitrogen and oxygen atoms in total. The summed E-state index contributed by atoms with van der Waals surface area (Å²) < 4.78 is 60.6. The molecule has 1 amide bonds. The first-order valence-corrected chi connectivity index (χ1v) is 11.0. The van der Waals surface area contributed by atoms with E-state index in [1.165, 1.54) is 29.3 Å². The number of nitrogens with two attached hydrogens (primary N) is 1. The van der Waals surface area contributed by atoms with Gasteiger partial charge < -0.3 is 10.6 Å². The number of fused-ring (bicyclic) bond motifs is 1. The lowest BCUT2D eigenvalue weighted by molar-refractivity contribution is -0.142. The zero-order valence-corrected chi connectivity index (χ0v) is 18.9. The number of carbonyl (C=O) groups is 1. The zero-order valence-electron chi connectivity index (χ0n) is 18.9. The molecule has 0 spiro atoms. The van der Waals surface area contributed by atoms with Gasteiger partial charge in [-0.25, -0.2) is 9.37 Å². The van der Waals surface area contributed by atoms with E-state index in [-0.39, 0.29) is 41.8 Å². The predicted molar refractivity (Wildman–Crippen MR) is 121 cm³/mol. The molecule has 0 saturated carbocycles. The molecule has 2 aromatic carbocycles. The Kier molecular flexibility index (Phi) is 5.52. The van der Waals surface area contributed by atoms with E-state index in [1.54, 1.807) is 23.9 Å². The van der Waals surface area contributed by atoms with Crippen molar-refractivity contribution in [2.75, 3.05) is 13.1 Å². The van der Waals surface area contributed by atoms with Crippen LogP contribution in [0.5, 0.6) is 0 Å². The van der Waals surface area contributed by atoms with Gasteiger partial charge in [0, 0.05) is 42.8 Å². The summed E-state index contributed by atoms with van der Waals surface area (Å²) in [6.45, 7) is 0.304. The van der Waals surface area contributed by atoms with Gasteiger partial charge >= 0.3 is 6.18 Å². The van der Waals surface area contributed by atoms with Gasteiger partial charge in [0.15, 0.2) is 11.4 Å². The highest BCUT2D eigenvalue weighted by Gasteiger charge is 2.44. The molecule has 4 aromatic rings. The monoisotopic (exact) mass is 497 g/mol. The first-order chi connectivity index (χ1) is 17.1. The molecule has 5 rings (SSSR count). The van der Waals surface area contributed by atoms with Gasteiger partial charge in [-0.2, -0.15) is 23.5 Å². The van der Waals surface area contributed by atoms with Gasteiger partial charge in [0.25, 0.3) is 5.91 Å². The van der Waals surface area contributed by atoms with Crippen LogP contribution in [-0.4, -0.2) is 49.3 Å². The molecule has 0 aliphatic carbocycles. The van der Waals surface area contributed by atoms with Gasteiger partial charge in [-0.15, -0.1) is 0 Å². The normalized spacial score (nSPS) is 16.0. The SMILES string of the molecule is Cn1ncc2cc(-n3c(-c4ccc(C#N)c(F)c4)nc(C(=O)N4CC[C@H](N)C4)c3C(F)(F)F)ccc21. The predicted octanol–water partition coefficient (Wildman–Crippen LogP) is 3.63. The van der Waals surface area contributed by atoms with Crippen LogP contribution < -0.4 is 5.73 Å². The first kappa shape index (κ1) is 23.5. The lowest BCUT2D eigenvalue weighted by Gasteiger charge is -2.18. The number of alkyl halides is 3. The van der Waals surface area contributed by atoms with Crippen molar-refractivity contribution in [2.45, 2.75) is 18.6 Å². The van der Waals surface area contributed by atoms with E-state index in [9.17, 15) is 22.4 Å². The number of aryl methyl sites for hydroxylation is 1. The number of rotatable bonds is 3. The van der Waals surface area contributed by atoms with Crippen LogP contribution in [-0.2, 0) is 13.2 Å². The smallest absolute Gasteiger partial charge is 0.336 e. The molecule has 1 fully saturated rings. The second-order valence-electron chi connectivity index (χ2n) is 8.58.